The van der Waals surface area contributed by atoms with Crippen molar-refractivity contribution in [2.45, 2.75) is 4.99 Å². The summed E-state index contributed by atoms with van der Waals surface area (Å²) in [6, 6.07) is 55.0. The molecule has 5 heteroatoms. The molecule has 0 aromatic heterocycles. The molecule has 8 rings (SSSR count). The monoisotopic (exact) mass is 558 g/mol. The third-order valence-corrected chi connectivity index (χ3v) is 9.17. The molecule has 1 atom stereocenters. The van der Waals surface area contributed by atoms with Crippen molar-refractivity contribution in [3.8, 4) is 0 Å². The Hall–Kier alpha value is -5.13. The van der Waals surface area contributed by atoms with E-state index in [2.05, 4.69) is 150 Å². The molecular weight excluding hydrogens is 533 g/mol. The van der Waals surface area contributed by atoms with E-state index in [1.54, 1.807) is 11.8 Å². The second-order valence-electron chi connectivity index (χ2n) is 10.3. The van der Waals surface area contributed by atoms with E-state index < -0.39 is 4.99 Å². The Morgan fingerprint density at radius 1 is 0.476 bits per heavy atom. The summed E-state index contributed by atoms with van der Waals surface area (Å²) < 4.78 is 0. The zero-order chi connectivity index (χ0) is 27.9. The van der Waals surface area contributed by atoms with Gasteiger partial charge in [0.15, 0.2) is 0 Å². The lowest BCUT2D eigenvalue weighted by atomic mass is 9.91. The average Bonchev–Trinajstić information content (AvgIpc) is 3.47. The Balaban J connectivity index is 1.43. The predicted molar refractivity (Wildman–Crippen MR) is 176 cm³/mol. The van der Waals surface area contributed by atoms with E-state index in [0.717, 1.165) is 44.4 Å². The van der Waals surface area contributed by atoms with Gasteiger partial charge < -0.3 is 0 Å². The van der Waals surface area contributed by atoms with Gasteiger partial charge in [0.05, 0.1) is 17.1 Å². The van der Waals surface area contributed by atoms with Crippen LogP contribution < -0.4 is 10.0 Å². The summed E-state index contributed by atoms with van der Waals surface area (Å²) in [7, 11) is 0. The van der Waals surface area contributed by atoms with Crippen molar-refractivity contribution in [3.63, 3.8) is 0 Å². The largest absolute Gasteiger partial charge is 0.234 e. The topological polar surface area (TPSA) is 31.2 Å². The van der Waals surface area contributed by atoms with Crippen LogP contribution >= 0.6 is 11.8 Å². The standard InChI is InChI=1S/C37H26N4S/c1-4-16-28(17-5-1)36-39-41(30-21-8-3-9-22-30)37(42-36)34-26-13-12-24-33(34)35(38-40(37)29-19-6-2-7-20-29)32-25-14-18-27-15-10-11-23-31(27)32/h1-26H/t37-/m0/s1. The fourth-order valence-corrected chi connectivity index (χ4v) is 7.30. The van der Waals surface area contributed by atoms with E-state index in [1.165, 1.54) is 10.8 Å². The Labute approximate surface area is 249 Å². The van der Waals surface area contributed by atoms with Crippen LogP contribution in [0.2, 0.25) is 0 Å². The Bertz CT molecular complexity index is 1970. The molecule has 2 heterocycles. The molecule has 6 aromatic rings. The summed E-state index contributed by atoms with van der Waals surface area (Å²) in [5.74, 6) is 0. The molecule has 0 fully saturated rings. The van der Waals surface area contributed by atoms with Crippen LogP contribution in [-0.4, -0.2) is 10.8 Å². The highest BCUT2D eigenvalue weighted by atomic mass is 32.2. The lowest BCUT2D eigenvalue weighted by Gasteiger charge is -2.47. The molecule has 0 aliphatic carbocycles. The zero-order valence-corrected chi connectivity index (χ0v) is 23.5. The van der Waals surface area contributed by atoms with E-state index in [1.807, 2.05) is 18.2 Å². The van der Waals surface area contributed by atoms with Crippen LogP contribution in [0.25, 0.3) is 10.8 Å². The summed E-state index contributed by atoms with van der Waals surface area (Å²) in [6.07, 6.45) is 0. The maximum absolute atomic E-state index is 5.57. The van der Waals surface area contributed by atoms with E-state index in [-0.39, 0.29) is 0 Å². The SMILES string of the molecule is c1ccc(C2=NN(c3ccccc3)[C@]3(S2)c2ccccc2C(c2cccc4ccccc24)=NN3c2ccccc2)cc1. The number of hydrazone groups is 2. The van der Waals surface area contributed by atoms with Gasteiger partial charge in [-0.1, -0.05) is 133 Å². The van der Waals surface area contributed by atoms with E-state index in [9.17, 15) is 0 Å². The van der Waals surface area contributed by atoms with Crippen LogP contribution in [0, 0.1) is 0 Å². The summed E-state index contributed by atoms with van der Waals surface area (Å²) in [5.41, 5.74) is 7.34. The molecule has 1 spiro atoms. The predicted octanol–water partition coefficient (Wildman–Crippen LogP) is 8.84. The number of hydrogen-bond donors (Lipinski definition) is 0. The number of hydrogen-bond acceptors (Lipinski definition) is 5. The molecule has 4 nitrogen and oxygen atoms in total. The highest BCUT2D eigenvalue weighted by Crippen LogP contribution is 2.55. The highest BCUT2D eigenvalue weighted by molar-refractivity contribution is 8.15. The molecule has 0 saturated carbocycles. The fourth-order valence-electron chi connectivity index (χ4n) is 5.90. The summed E-state index contributed by atoms with van der Waals surface area (Å²) in [4.78, 5) is -0.807. The number of rotatable bonds is 4. The van der Waals surface area contributed by atoms with Gasteiger partial charge in [-0.2, -0.15) is 10.2 Å². The normalized spacial score (nSPS) is 17.7. The first-order chi connectivity index (χ1) is 20.8. The number of nitrogens with zero attached hydrogens (tertiary/aromatic N) is 4. The Kier molecular flexibility index (Phi) is 5.90. The van der Waals surface area contributed by atoms with Gasteiger partial charge in [-0.15, -0.1) is 0 Å². The van der Waals surface area contributed by atoms with Crippen molar-refractivity contribution in [1.29, 1.82) is 0 Å². The van der Waals surface area contributed by atoms with E-state index in [4.69, 9.17) is 10.2 Å². The number of fused-ring (bicyclic) bond motifs is 3. The molecule has 0 unspecified atom stereocenters. The summed E-state index contributed by atoms with van der Waals surface area (Å²) in [5, 5.41) is 18.5. The molecule has 200 valence electrons. The maximum Gasteiger partial charge on any atom is 0.234 e. The zero-order valence-electron chi connectivity index (χ0n) is 22.7. The molecule has 0 N–H and O–H groups in total. The minimum Gasteiger partial charge on any atom is -0.223 e. The molecule has 6 aromatic carbocycles. The van der Waals surface area contributed by atoms with Gasteiger partial charge >= 0.3 is 0 Å². The minimum atomic E-state index is -0.807. The van der Waals surface area contributed by atoms with Crippen molar-refractivity contribution >= 4 is 44.7 Å². The smallest absolute Gasteiger partial charge is 0.223 e. The minimum absolute atomic E-state index is 0.807. The molecule has 0 saturated heterocycles. The van der Waals surface area contributed by atoms with E-state index in [0.29, 0.717) is 0 Å². The highest BCUT2D eigenvalue weighted by Gasteiger charge is 2.55. The third-order valence-electron chi connectivity index (χ3n) is 7.80. The molecule has 2 aliphatic rings. The molecule has 0 amide bonds. The fraction of sp³-hybridized carbons (Fsp3) is 0.0270. The van der Waals surface area contributed by atoms with Crippen molar-refractivity contribution in [2.24, 2.45) is 10.2 Å². The Morgan fingerprint density at radius 2 is 1.02 bits per heavy atom. The summed E-state index contributed by atoms with van der Waals surface area (Å²) >= 11 is 1.73. The number of benzene rings is 6. The van der Waals surface area contributed by atoms with Crippen LogP contribution in [-0.2, 0) is 4.99 Å². The van der Waals surface area contributed by atoms with Gasteiger partial charge in [0.1, 0.15) is 5.04 Å². The van der Waals surface area contributed by atoms with Crippen LogP contribution in [0.4, 0.5) is 11.4 Å². The van der Waals surface area contributed by atoms with Gasteiger partial charge in [-0.3, -0.25) is 0 Å². The van der Waals surface area contributed by atoms with Crippen molar-refractivity contribution in [1.82, 2.24) is 0 Å². The van der Waals surface area contributed by atoms with Gasteiger partial charge in [0, 0.05) is 22.3 Å². The Morgan fingerprint density at radius 3 is 1.76 bits per heavy atom. The van der Waals surface area contributed by atoms with E-state index >= 15 is 0 Å². The molecule has 0 radical (unpaired) electrons. The van der Waals surface area contributed by atoms with Crippen molar-refractivity contribution in [2.75, 3.05) is 10.0 Å². The van der Waals surface area contributed by atoms with Crippen molar-refractivity contribution in [3.05, 3.63) is 180 Å². The first-order valence-electron chi connectivity index (χ1n) is 14.0. The van der Waals surface area contributed by atoms with Gasteiger partial charge in [0.25, 0.3) is 0 Å². The quantitative estimate of drug-likeness (QED) is 0.217. The summed E-state index contributed by atoms with van der Waals surface area (Å²) in [6.45, 7) is 0. The lowest BCUT2D eigenvalue weighted by Crippen LogP contribution is -2.54. The number of anilines is 2. The first kappa shape index (κ1) is 24.6. The van der Waals surface area contributed by atoms with Crippen LogP contribution in [0.3, 0.4) is 0 Å². The van der Waals surface area contributed by atoms with Crippen LogP contribution in [0.5, 0.6) is 0 Å². The maximum atomic E-state index is 5.57. The second kappa shape index (κ2) is 10.1. The van der Waals surface area contributed by atoms with Crippen molar-refractivity contribution < 1.29 is 0 Å². The number of para-hydroxylation sites is 2. The third kappa shape index (κ3) is 3.85. The van der Waals surface area contributed by atoms with Crippen LogP contribution in [0.1, 0.15) is 22.3 Å². The molecule has 2 aliphatic heterocycles. The second-order valence-corrected chi connectivity index (χ2v) is 11.5. The molecular formula is C37H26N4S. The van der Waals surface area contributed by atoms with Gasteiger partial charge in [-0.05, 0) is 46.8 Å². The average molecular weight is 559 g/mol. The molecule has 0 bridgehead atoms. The molecule has 42 heavy (non-hydrogen) atoms. The number of thioether (sulfide) groups is 1. The first-order valence-corrected chi connectivity index (χ1v) is 14.8. The lowest BCUT2D eigenvalue weighted by molar-refractivity contribution is 0.550. The van der Waals surface area contributed by atoms with Gasteiger partial charge in [0.2, 0.25) is 4.99 Å². The van der Waals surface area contributed by atoms with Gasteiger partial charge in [-0.25, -0.2) is 10.0 Å². The van der Waals surface area contributed by atoms with Crippen LogP contribution in [0.15, 0.2) is 168 Å².